The van der Waals surface area contributed by atoms with Crippen LogP contribution in [0.25, 0.3) is 11.3 Å². The average molecular weight is 433 g/mol. The summed E-state index contributed by atoms with van der Waals surface area (Å²) in [4.78, 5) is 25.0. The Morgan fingerprint density at radius 1 is 1.03 bits per heavy atom. The molecule has 32 heavy (non-hydrogen) atoms. The lowest BCUT2D eigenvalue weighted by Crippen LogP contribution is -2.38. The Morgan fingerprint density at radius 2 is 1.72 bits per heavy atom. The molecule has 164 valence electrons. The van der Waals surface area contributed by atoms with Gasteiger partial charge < -0.3 is 15.0 Å². The zero-order chi connectivity index (χ0) is 22.5. The summed E-state index contributed by atoms with van der Waals surface area (Å²) in [7, 11) is 1.63. The van der Waals surface area contributed by atoms with E-state index < -0.39 is 4.92 Å². The van der Waals surface area contributed by atoms with Gasteiger partial charge in [-0.1, -0.05) is 0 Å². The molecule has 2 heterocycles. The van der Waals surface area contributed by atoms with E-state index in [1.807, 2.05) is 36.4 Å². The molecule has 1 fully saturated rings. The Morgan fingerprint density at radius 3 is 2.28 bits per heavy atom. The van der Waals surface area contributed by atoms with Gasteiger partial charge in [-0.2, -0.15) is 0 Å². The molecular formula is C23H23N5O4. The number of piperidine rings is 1. The van der Waals surface area contributed by atoms with Crippen molar-refractivity contribution in [1.82, 2.24) is 10.2 Å². The fourth-order valence-corrected chi connectivity index (χ4v) is 3.69. The fourth-order valence-electron chi connectivity index (χ4n) is 3.69. The van der Waals surface area contributed by atoms with Crippen LogP contribution in [-0.2, 0) is 4.79 Å². The molecule has 1 saturated heterocycles. The van der Waals surface area contributed by atoms with Gasteiger partial charge >= 0.3 is 0 Å². The number of ether oxygens (including phenoxy) is 1. The van der Waals surface area contributed by atoms with Gasteiger partial charge in [0.05, 0.1) is 17.7 Å². The lowest BCUT2D eigenvalue weighted by molar-refractivity contribution is -0.384. The van der Waals surface area contributed by atoms with Crippen LogP contribution in [0, 0.1) is 16.0 Å². The standard InChI is InChI=1S/C23H23N5O4/c1-32-20-8-2-16(3-9-20)21-10-11-22(26-25-21)27-14-12-17(13-15-27)23(29)24-18-4-6-19(7-5-18)28(30)31/h2-11,17H,12-15H2,1H3,(H,24,29). The van der Waals surface area contributed by atoms with Crippen molar-refractivity contribution in [3.05, 3.63) is 70.8 Å². The van der Waals surface area contributed by atoms with Gasteiger partial charge in [0.2, 0.25) is 5.91 Å². The van der Waals surface area contributed by atoms with E-state index in [1.165, 1.54) is 12.1 Å². The third-order valence-electron chi connectivity index (χ3n) is 5.57. The van der Waals surface area contributed by atoms with Crippen molar-refractivity contribution in [3.63, 3.8) is 0 Å². The highest BCUT2D eigenvalue weighted by atomic mass is 16.6. The summed E-state index contributed by atoms with van der Waals surface area (Å²) >= 11 is 0. The molecule has 1 aliphatic rings. The number of nitro groups is 1. The van der Waals surface area contributed by atoms with Crippen LogP contribution < -0.4 is 15.0 Å². The minimum absolute atomic E-state index is 0.00424. The number of nitrogens with zero attached hydrogens (tertiary/aromatic N) is 4. The van der Waals surface area contributed by atoms with E-state index >= 15 is 0 Å². The van der Waals surface area contributed by atoms with E-state index in [4.69, 9.17) is 4.74 Å². The molecule has 2 aromatic carbocycles. The Labute approximate surface area is 185 Å². The Balaban J connectivity index is 1.31. The summed E-state index contributed by atoms with van der Waals surface area (Å²) in [5.74, 6) is 1.39. The van der Waals surface area contributed by atoms with Gasteiger partial charge in [-0.3, -0.25) is 14.9 Å². The quantitative estimate of drug-likeness (QED) is 0.463. The zero-order valence-corrected chi connectivity index (χ0v) is 17.6. The number of nitrogens with one attached hydrogen (secondary N) is 1. The van der Waals surface area contributed by atoms with Gasteiger partial charge in [0.1, 0.15) is 5.75 Å². The number of methoxy groups -OCH3 is 1. The third-order valence-corrected chi connectivity index (χ3v) is 5.57. The maximum Gasteiger partial charge on any atom is 0.269 e. The second-order valence-corrected chi connectivity index (χ2v) is 7.56. The highest BCUT2D eigenvalue weighted by molar-refractivity contribution is 5.92. The molecule has 0 aliphatic carbocycles. The monoisotopic (exact) mass is 433 g/mol. The Kier molecular flexibility index (Phi) is 6.25. The van der Waals surface area contributed by atoms with E-state index in [-0.39, 0.29) is 17.5 Å². The maximum absolute atomic E-state index is 12.6. The van der Waals surface area contributed by atoms with Crippen LogP contribution in [0.3, 0.4) is 0 Å². The van der Waals surface area contributed by atoms with Crippen molar-refractivity contribution in [2.75, 3.05) is 30.4 Å². The first-order chi connectivity index (χ1) is 15.5. The van der Waals surface area contributed by atoms with Gasteiger partial charge in [0.15, 0.2) is 5.82 Å². The number of anilines is 2. The normalized spacial score (nSPS) is 14.1. The first-order valence-electron chi connectivity index (χ1n) is 10.3. The highest BCUT2D eigenvalue weighted by Crippen LogP contribution is 2.25. The number of non-ortho nitro benzene ring substituents is 1. The van der Waals surface area contributed by atoms with Crippen molar-refractivity contribution in [3.8, 4) is 17.0 Å². The van der Waals surface area contributed by atoms with Crippen LogP contribution in [0.15, 0.2) is 60.7 Å². The summed E-state index contributed by atoms with van der Waals surface area (Å²) in [5, 5.41) is 22.3. The number of carbonyl (C=O) groups excluding carboxylic acids is 1. The third kappa shape index (κ3) is 4.83. The number of carbonyl (C=O) groups is 1. The average Bonchev–Trinajstić information content (AvgIpc) is 2.84. The molecule has 4 rings (SSSR count). The summed E-state index contributed by atoms with van der Waals surface area (Å²) in [6.45, 7) is 1.41. The van der Waals surface area contributed by atoms with Gasteiger partial charge in [0.25, 0.3) is 5.69 Å². The van der Waals surface area contributed by atoms with Gasteiger partial charge in [-0.05, 0) is 61.4 Å². The van der Waals surface area contributed by atoms with E-state index in [0.717, 1.165) is 22.8 Å². The van der Waals surface area contributed by atoms with Crippen LogP contribution in [0.1, 0.15) is 12.8 Å². The predicted molar refractivity (Wildman–Crippen MR) is 121 cm³/mol. The van der Waals surface area contributed by atoms with E-state index in [9.17, 15) is 14.9 Å². The summed E-state index contributed by atoms with van der Waals surface area (Å²) in [5.41, 5.74) is 2.30. The van der Waals surface area contributed by atoms with E-state index in [0.29, 0.717) is 31.6 Å². The zero-order valence-electron chi connectivity index (χ0n) is 17.6. The molecule has 3 aromatic rings. The molecule has 1 aromatic heterocycles. The Hall–Kier alpha value is -4.01. The first kappa shape index (κ1) is 21.2. The molecule has 0 atom stereocenters. The number of benzene rings is 2. The number of amides is 1. The highest BCUT2D eigenvalue weighted by Gasteiger charge is 2.26. The molecule has 9 heteroatoms. The van der Waals surface area contributed by atoms with Crippen LogP contribution >= 0.6 is 0 Å². The van der Waals surface area contributed by atoms with Gasteiger partial charge in [-0.15, -0.1) is 10.2 Å². The molecule has 0 unspecified atom stereocenters. The predicted octanol–water partition coefficient (Wildman–Crippen LogP) is 3.92. The minimum atomic E-state index is -0.465. The SMILES string of the molecule is COc1ccc(-c2ccc(N3CCC(C(=O)Nc4ccc([N+](=O)[O-])cc4)CC3)nn2)cc1. The topological polar surface area (TPSA) is 110 Å². The lowest BCUT2D eigenvalue weighted by atomic mass is 9.95. The van der Waals surface area contributed by atoms with Crippen LogP contribution in [0.4, 0.5) is 17.2 Å². The number of hydrogen-bond donors (Lipinski definition) is 1. The second kappa shape index (κ2) is 9.42. The smallest absolute Gasteiger partial charge is 0.269 e. The van der Waals surface area contributed by atoms with Crippen molar-refractivity contribution in [1.29, 1.82) is 0 Å². The number of aromatic nitrogens is 2. The number of rotatable bonds is 6. The molecule has 0 spiro atoms. The largest absolute Gasteiger partial charge is 0.497 e. The van der Waals surface area contributed by atoms with Crippen molar-refractivity contribution in [2.45, 2.75) is 12.8 Å². The molecule has 0 saturated carbocycles. The maximum atomic E-state index is 12.6. The van der Waals surface area contributed by atoms with Crippen LogP contribution in [0.5, 0.6) is 5.75 Å². The summed E-state index contributed by atoms with van der Waals surface area (Å²) in [6.07, 6.45) is 1.39. The van der Waals surface area contributed by atoms with Crippen molar-refractivity contribution in [2.24, 2.45) is 5.92 Å². The van der Waals surface area contributed by atoms with E-state index in [2.05, 4.69) is 20.4 Å². The molecule has 0 radical (unpaired) electrons. The molecule has 1 N–H and O–H groups in total. The van der Waals surface area contributed by atoms with Gasteiger partial charge in [-0.25, -0.2) is 0 Å². The molecule has 9 nitrogen and oxygen atoms in total. The molecular weight excluding hydrogens is 410 g/mol. The van der Waals surface area contributed by atoms with E-state index in [1.54, 1.807) is 19.2 Å². The lowest BCUT2D eigenvalue weighted by Gasteiger charge is -2.31. The summed E-state index contributed by atoms with van der Waals surface area (Å²) < 4.78 is 5.18. The Bertz CT molecular complexity index is 1080. The molecule has 1 aliphatic heterocycles. The molecule has 1 amide bonds. The van der Waals surface area contributed by atoms with Crippen molar-refractivity contribution < 1.29 is 14.5 Å². The first-order valence-corrected chi connectivity index (χ1v) is 10.3. The fraction of sp³-hybridized carbons (Fsp3) is 0.261. The molecule has 0 bridgehead atoms. The van der Waals surface area contributed by atoms with Crippen LogP contribution in [-0.4, -0.2) is 41.2 Å². The van der Waals surface area contributed by atoms with Gasteiger partial charge in [0, 0.05) is 42.4 Å². The number of hydrogen-bond acceptors (Lipinski definition) is 7. The second-order valence-electron chi connectivity index (χ2n) is 7.56. The van der Waals surface area contributed by atoms with Crippen molar-refractivity contribution >= 4 is 23.1 Å². The minimum Gasteiger partial charge on any atom is -0.497 e. The van der Waals surface area contributed by atoms with Crippen LogP contribution in [0.2, 0.25) is 0 Å². The number of nitro benzene ring substituents is 1. The summed E-state index contributed by atoms with van der Waals surface area (Å²) in [6, 6.07) is 17.4.